The maximum Gasteiger partial charge on any atom is 0.435 e. The molecular weight excluding hydrogens is 445 g/mol. The number of carbonyl (C=O) groups excluding carboxylic acids is 1. The maximum atomic E-state index is 13.5. The molecular formula is C24H23F3N6O. The number of fused-ring (bicyclic) bond motifs is 2. The van der Waals surface area contributed by atoms with E-state index in [0.717, 1.165) is 22.5 Å². The van der Waals surface area contributed by atoms with E-state index in [1.54, 1.807) is 16.6 Å². The highest BCUT2D eigenvalue weighted by Crippen LogP contribution is 2.38. The lowest BCUT2D eigenvalue weighted by atomic mass is 9.96. The van der Waals surface area contributed by atoms with E-state index in [9.17, 15) is 18.0 Å². The summed E-state index contributed by atoms with van der Waals surface area (Å²) in [5.74, 6) is -0.138. The first kappa shape index (κ1) is 22.1. The Morgan fingerprint density at radius 1 is 1.09 bits per heavy atom. The fourth-order valence-electron chi connectivity index (χ4n) is 4.75. The summed E-state index contributed by atoms with van der Waals surface area (Å²) in [5, 5.41) is 9.14. The number of hydrogen-bond donors (Lipinski definition) is 0. The number of hydrogen-bond acceptors (Lipinski definition) is 4. The molecule has 0 spiro atoms. The first-order chi connectivity index (χ1) is 16.1. The molecule has 1 aliphatic rings. The Hall–Kier alpha value is -3.69. The van der Waals surface area contributed by atoms with Gasteiger partial charge in [-0.15, -0.1) is 0 Å². The molecule has 1 aromatic carbocycles. The molecule has 5 rings (SSSR count). The van der Waals surface area contributed by atoms with Gasteiger partial charge in [-0.1, -0.05) is 18.2 Å². The first-order valence-corrected chi connectivity index (χ1v) is 10.9. The van der Waals surface area contributed by atoms with Crippen LogP contribution < -0.4 is 0 Å². The molecule has 4 aromatic rings. The van der Waals surface area contributed by atoms with Gasteiger partial charge in [-0.25, -0.2) is 0 Å². The Kier molecular flexibility index (Phi) is 5.00. The van der Waals surface area contributed by atoms with Crippen LogP contribution >= 0.6 is 0 Å². The predicted molar refractivity (Wildman–Crippen MR) is 120 cm³/mol. The van der Waals surface area contributed by atoms with Crippen LogP contribution in [0, 0.1) is 6.92 Å². The molecule has 0 bridgehead atoms. The van der Waals surface area contributed by atoms with Crippen molar-refractivity contribution in [2.24, 2.45) is 14.1 Å². The molecule has 0 unspecified atom stereocenters. The quantitative estimate of drug-likeness (QED) is 0.436. The molecule has 4 heterocycles. The van der Waals surface area contributed by atoms with Gasteiger partial charge in [0.05, 0.1) is 39.9 Å². The number of alkyl halides is 3. The van der Waals surface area contributed by atoms with Gasteiger partial charge in [0, 0.05) is 31.6 Å². The van der Waals surface area contributed by atoms with E-state index in [1.165, 1.54) is 11.7 Å². The van der Waals surface area contributed by atoms with E-state index < -0.39 is 11.9 Å². The summed E-state index contributed by atoms with van der Waals surface area (Å²) in [6.07, 6.45) is -4.06. The van der Waals surface area contributed by atoms with Crippen molar-refractivity contribution < 1.29 is 18.0 Å². The Balaban J connectivity index is 1.52. The molecule has 1 aliphatic heterocycles. The summed E-state index contributed by atoms with van der Waals surface area (Å²) >= 11 is 0. The number of carbonyl (C=O) groups is 1. The largest absolute Gasteiger partial charge is 0.435 e. The second-order valence-corrected chi connectivity index (χ2v) is 8.61. The standard InChI is InChI=1S/C24H23F3N6O/c1-13-17(11-15-7-5-6-8-18(15)28-13)23(34)33-10-9-16-21(14(33)2)30-32(4)22(16)19-12-20(24(25,26)27)29-31(19)3/h5-8,11-12,14H,9-10H2,1-4H3/t14-/m0/s1. The average Bonchev–Trinajstić information content (AvgIpc) is 3.32. The first-order valence-electron chi connectivity index (χ1n) is 10.9. The molecule has 0 saturated carbocycles. The maximum absolute atomic E-state index is 13.5. The van der Waals surface area contributed by atoms with Crippen molar-refractivity contribution in [2.75, 3.05) is 6.54 Å². The van der Waals surface area contributed by atoms with Crippen molar-refractivity contribution in [3.8, 4) is 11.4 Å². The fraction of sp³-hybridized carbons (Fsp3) is 0.333. The van der Waals surface area contributed by atoms with E-state index in [1.807, 2.05) is 44.2 Å². The summed E-state index contributed by atoms with van der Waals surface area (Å²) < 4.78 is 42.4. The van der Waals surface area contributed by atoms with Gasteiger partial charge in [-0.05, 0) is 38.5 Å². The molecule has 7 nitrogen and oxygen atoms in total. The van der Waals surface area contributed by atoms with E-state index in [4.69, 9.17) is 0 Å². The lowest BCUT2D eigenvalue weighted by Gasteiger charge is -2.33. The average molecular weight is 468 g/mol. The van der Waals surface area contributed by atoms with Gasteiger partial charge in [0.2, 0.25) is 0 Å². The van der Waals surface area contributed by atoms with Crippen LogP contribution in [-0.2, 0) is 26.7 Å². The number of para-hydroxylation sites is 1. The third-order valence-corrected chi connectivity index (χ3v) is 6.46. The third kappa shape index (κ3) is 3.44. The zero-order valence-corrected chi connectivity index (χ0v) is 19.2. The molecule has 0 saturated heterocycles. The van der Waals surface area contributed by atoms with Crippen LogP contribution in [0.2, 0.25) is 0 Å². The van der Waals surface area contributed by atoms with Gasteiger partial charge in [-0.3, -0.25) is 19.1 Å². The summed E-state index contributed by atoms with van der Waals surface area (Å²) in [5.41, 5.74) is 3.51. The van der Waals surface area contributed by atoms with Crippen molar-refractivity contribution in [1.29, 1.82) is 0 Å². The minimum absolute atomic E-state index is 0.138. The Morgan fingerprint density at radius 2 is 1.82 bits per heavy atom. The highest BCUT2D eigenvalue weighted by atomic mass is 19.4. The van der Waals surface area contributed by atoms with Crippen LogP contribution in [0.25, 0.3) is 22.3 Å². The molecule has 1 amide bonds. The third-order valence-electron chi connectivity index (χ3n) is 6.46. The number of amides is 1. The van der Waals surface area contributed by atoms with E-state index in [-0.39, 0.29) is 11.9 Å². The molecule has 0 N–H and O–H groups in total. The summed E-state index contributed by atoms with van der Waals surface area (Å²) in [7, 11) is 3.19. The number of benzene rings is 1. The van der Waals surface area contributed by atoms with E-state index in [0.29, 0.717) is 41.3 Å². The number of aromatic nitrogens is 5. The lowest BCUT2D eigenvalue weighted by Crippen LogP contribution is -2.39. The lowest BCUT2D eigenvalue weighted by molar-refractivity contribution is -0.141. The second-order valence-electron chi connectivity index (χ2n) is 8.61. The van der Waals surface area contributed by atoms with Crippen molar-refractivity contribution in [2.45, 2.75) is 32.5 Å². The van der Waals surface area contributed by atoms with Gasteiger partial charge in [0.1, 0.15) is 0 Å². The molecule has 0 radical (unpaired) electrons. The van der Waals surface area contributed by atoms with Crippen molar-refractivity contribution in [3.05, 3.63) is 64.6 Å². The SMILES string of the molecule is Cc1nc2ccccc2cc1C(=O)N1CCc2c(nn(C)c2-c2cc(C(F)(F)F)nn2C)[C@@H]1C. The van der Waals surface area contributed by atoms with Gasteiger partial charge in [0.25, 0.3) is 5.91 Å². The van der Waals surface area contributed by atoms with Gasteiger partial charge in [-0.2, -0.15) is 23.4 Å². The Morgan fingerprint density at radius 3 is 2.53 bits per heavy atom. The smallest absolute Gasteiger partial charge is 0.330 e. The van der Waals surface area contributed by atoms with Gasteiger partial charge < -0.3 is 4.90 Å². The van der Waals surface area contributed by atoms with Crippen molar-refractivity contribution in [3.63, 3.8) is 0 Å². The van der Waals surface area contributed by atoms with Crippen LogP contribution in [-0.4, -0.2) is 41.9 Å². The molecule has 0 fully saturated rings. The second kappa shape index (κ2) is 7.68. The normalized spacial score (nSPS) is 16.2. The molecule has 34 heavy (non-hydrogen) atoms. The van der Waals surface area contributed by atoms with Gasteiger partial charge >= 0.3 is 6.18 Å². The number of nitrogens with zero attached hydrogens (tertiary/aromatic N) is 6. The van der Waals surface area contributed by atoms with E-state index >= 15 is 0 Å². The van der Waals surface area contributed by atoms with Crippen LogP contribution in [0.4, 0.5) is 13.2 Å². The van der Waals surface area contributed by atoms with Gasteiger partial charge in [0.15, 0.2) is 5.69 Å². The zero-order chi connectivity index (χ0) is 24.4. The zero-order valence-electron chi connectivity index (χ0n) is 19.2. The predicted octanol–water partition coefficient (Wildman–Crippen LogP) is 4.46. The van der Waals surface area contributed by atoms with Crippen LogP contribution in [0.3, 0.4) is 0 Å². The fourth-order valence-corrected chi connectivity index (χ4v) is 4.75. The summed E-state index contributed by atoms with van der Waals surface area (Å²) in [6.45, 7) is 4.13. The minimum Gasteiger partial charge on any atom is -0.330 e. The van der Waals surface area contributed by atoms with Crippen LogP contribution in [0.5, 0.6) is 0 Å². The number of halogens is 3. The topological polar surface area (TPSA) is 68.8 Å². The van der Waals surface area contributed by atoms with Crippen molar-refractivity contribution in [1.82, 2.24) is 29.4 Å². The number of rotatable bonds is 2. The van der Waals surface area contributed by atoms with Crippen LogP contribution in [0.15, 0.2) is 36.4 Å². The van der Waals surface area contributed by atoms with E-state index in [2.05, 4.69) is 15.2 Å². The minimum atomic E-state index is -4.53. The number of aryl methyl sites for hydroxylation is 3. The molecule has 176 valence electrons. The summed E-state index contributed by atoms with van der Waals surface area (Å²) in [6, 6.07) is 10.2. The van der Waals surface area contributed by atoms with Crippen LogP contribution in [0.1, 0.15) is 46.0 Å². The highest BCUT2D eigenvalue weighted by Gasteiger charge is 2.38. The Labute approximate surface area is 193 Å². The molecule has 1 atom stereocenters. The van der Waals surface area contributed by atoms with Crippen molar-refractivity contribution >= 4 is 16.8 Å². The monoisotopic (exact) mass is 468 g/mol. The summed E-state index contributed by atoms with van der Waals surface area (Å²) in [4.78, 5) is 19.9. The molecule has 10 heteroatoms. The highest BCUT2D eigenvalue weighted by molar-refractivity contribution is 5.99. The molecule has 3 aromatic heterocycles. The Bertz CT molecular complexity index is 1430. The number of pyridine rings is 1. The molecule has 0 aliphatic carbocycles.